The predicted molar refractivity (Wildman–Crippen MR) is 47.5 cm³/mol. The van der Waals surface area contributed by atoms with Crippen LogP contribution in [0.4, 0.5) is 0 Å². The van der Waals surface area contributed by atoms with Gasteiger partial charge in [0, 0.05) is 20.4 Å². The molecule has 72 valence electrons. The van der Waals surface area contributed by atoms with Crippen molar-refractivity contribution in [3.8, 4) is 5.75 Å². The van der Waals surface area contributed by atoms with Crippen LogP contribution < -0.4 is 4.74 Å². The maximum Gasteiger partial charge on any atom is 0.191 e. The Morgan fingerprint density at radius 2 is 2.15 bits per heavy atom. The summed E-state index contributed by atoms with van der Waals surface area (Å²) in [6.45, 7) is 0.360. The van der Waals surface area contributed by atoms with Crippen molar-refractivity contribution in [2.45, 2.75) is 6.29 Å². The fourth-order valence-electron chi connectivity index (χ4n) is 0.829. The molecule has 4 nitrogen and oxygen atoms in total. The Balaban J connectivity index is 2.34. The minimum Gasteiger partial charge on any atom is -0.487 e. The van der Waals surface area contributed by atoms with Crippen molar-refractivity contribution in [2.75, 3.05) is 20.8 Å². The SMILES string of the molecule is COC(COc1cccnc1)OC. The largest absolute Gasteiger partial charge is 0.487 e. The van der Waals surface area contributed by atoms with Crippen LogP contribution in [0, 0.1) is 0 Å². The number of hydrogen-bond acceptors (Lipinski definition) is 4. The normalized spacial score (nSPS) is 10.4. The Morgan fingerprint density at radius 1 is 1.38 bits per heavy atom. The van der Waals surface area contributed by atoms with Crippen LogP contribution >= 0.6 is 0 Å². The quantitative estimate of drug-likeness (QED) is 0.640. The Labute approximate surface area is 77.5 Å². The van der Waals surface area contributed by atoms with Crippen molar-refractivity contribution in [3.63, 3.8) is 0 Å². The molecule has 1 heterocycles. The fraction of sp³-hybridized carbons (Fsp3) is 0.444. The average Bonchev–Trinajstić information content (AvgIpc) is 2.21. The van der Waals surface area contributed by atoms with Gasteiger partial charge < -0.3 is 14.2 Å². The highest BCUT2D eigenvalue weighted by atomic mass is 16.7. The lowest BCUT2D eigenvalue weighted by Crippen LogP contribution is -2.21. The summed E-state index contributed by atoms with van der Waals surface area (Å²) in [5, 5.41) is 0. The summed E-state index contributed by atoms with van der Waals surface area (Å²) in [7, 11) is 3.14. The van der Waals surface area contributed by atoms with E-state index in [2.05, 4.69) is 4.98 Å². The van der Waals surface area contributed by atoms with Crippen LogP contribution in [0.1, 0.15) is 0 Å². The molecule has 1 aromatic rings. The summed E-state index contributed by atoms with van der Waals surface area (Å²) in [5.74, 6) is 0.710. The van der Waals surface area contributed by atoms with Crippen LogP contribution in [0.3, 0.4) is 0 Å². The number of methoxy groups -OCH3 is 2. The minimum absolute atomic E-state index is 0.333. The van der Waals surface area contributed by atoms with E-state index in [4.69, 9.17) is 14.2 Å². The highest BCUT2D eigenvalue weighted by molar-refractivity contribution is 5.15. The molecule has 0 radical (unpaired) electrons. The molecule has 0 spiro atoms. The zero-order valence-corrected chi connectivity index (χ0v) is 7.77. The second kappa shape index (κ2) is 5.50. The highest BCUT2D eigenvalue weighted by Gasteiger charge is 2.04. The van der Waals surface area contributed by atoms with Crippen molar-refractivity contribution < 1.29 is 14.2 Å². The lowest BCUT2D eigenvalue weighted by atomic mass is 10.5. The van der Waals surface area contributed by atoms with Gasteiger partial charge in [0.15, 0.2) is 6.29 Å². The van der Waals surface area contributed by atoms with E-state index in [0.29, 0.717) is 12.4 Å². The van der Waals surface area contributed by atoms with Gasteiger partial charge in [0.05, 0.1) is 6.20 Å². The summed E-state index contributed by atoms with van der Waals surface area (Å²) in [4.78, 5) is 3.91. The van der Waals surface area contributed by atoms with E-state index in [9.17, 15) is 0 Å². The number of aromatic nitrogens is 1. The zero-order valence-electron chi connectivity index (χ0n) is 7.77. The molecule has 0 aliphatic rings. The summed E-state index contributed by atoms with van der Waals surface area (Å²) >= 11 is 0. The molecule has 0 aliphatic carbocycles. The first-order valence-corrected chi connectivity index (χ1v) is 3.95. The molecule has 0 aromatic carbocycles. The molecule has 0 unspecified atom stereocenters. The van der Waals surface area contributed by atoms with Crippen molar-refractivity contribution in [1.29, 1.82) is 0 Å². The van der Waals surface area contributed by atoms with Crippen molar-refractivity contribution in [1.82, 2.24) is 4.98 Å². The second-order valence-corrected chi connectivity index (χ2v) is 2.40. The minimum atomic E-state index is -0.333. The van der Waals surface area contributed by atoms with E-state index in [1.807, 2.05) is 12.1 Å². The summed E-state index contributed by atoms with van der Waals surface area (Å²) in [6, 6.07) is 3.64. The molecule has 0 aliphatic heterocycles. The molecular formula is C9H13NO3. The Bertz CT molecular complexity index is 224. The van der Waals surface area contributed by atoms with Crippen LogP contribution in [0.5, 0.6) is 5.75 Å². The van der Waals surface area contributed by atoms with Gasteiger partial charge in [0.25, 0.3) is 0 Å². The van der Waals surface area contributed by atoms with Gasteiger partial charge in [-0.1, -0.05) is 0 Å². The lowest BCUT2D eigenvalue weighted by Gasteiger charge is -2.13. The van der Waals surface area contributed by atoms with Gasteiger partial charge in [-0.25, -0.2) is 0 Å². The molecule has 0 fully saturated rings. The number of nitrogens with zero attached hydrogens (tertiary/aromatic N) is 1. The standard InChI is InChI=1S/C9H13NO3/c1-11-9(12-2)7-13-8-4-3-5-10-6-8/h3-6,9H,7H2,1-2H3. The van der Waals surface area contributed by atoms with Crippen LogP contribution in [0.2, 0.25) is 0 Å². The molecule has 0 amide bonds. The molecule has 1 aromatic heterocycles. The van der Waals surface area contributed by atoms with Gasteiger partial charge in [-0.15, -0.1) is 0 Å². The Hall–Kier alpha value is -1.13. The molecule has 0 atom stereocenters. The second-order valence-electron chi connectivity index (χ2n) is 2.40. The molecule has 0 saturated carbocycles. The topological polar surface area (TPSA) is 40.6 Å². The maximum absolute atomic E-state index is 5.34. The zero-order chi connectivity index (χ0) is 9.52. The molecule has 13 heavy (non-hydrogen) atoms. The van der Waals surface area contributed by atoms with Crippen molar-refractivity contribution in [2.24, 2.45) is 0 Å². The first-order chi connectivity index (χ1) is 6.36. The first-order valence-electron chi connectivity index (χ1n) is 3.95. The van der Waals surface area contributed by atoms with Crippen LogP contribution in [-0.4, -0.2) is 32.1 Å². The number of rotatable bonds is 5. The van der Waals surface area contributed by atoms with E-state index in [-0.39, 0.29) is 6.29 Å². The predicted octanol–water partition coefficient (Wildman–Crippen LogP) is 1.08. The third-order valence-electron chi connectivity index (χ3n) is 1.55. The third-order valence-corrected chi connectivity index (χ3v) is 1.55. The average molecular weight is 183 g/mol. The lowest BCUT2D eigenvalue weighted by molar-refractivity contribution is -0.122. The maximum atomic E-state index is 5.34. The third kappa shape index (κ3) is 3.40. The molecule has 4 heteroatoms. The summed E-state index contributed by atoms with van der Waals surface area (Å²) < 4.78 is 15.2. The molecule has 0 N–H and O–H groups in total. The number of ether oxygens (including phenoxy) is 3. The van der Waals surface area contributed by atoms with Gasteiger partial charge in [0.2, 0.25) is 0 Å². The number of pyridine rings is 1. The molecular weight excluding hydrogens is 170 g/mol. The van der Waals surface area contributed by atoms with E-state index < -0.39 is 0 Å². The summed E-state index contributed by atoms with van der Waals surface area (Å²) in [5.41, 5.74) is 0. The van der Waals surface area contributed by atoms with Gasteiger partial charge in [-0.2, -0.15) is 0 Å². The van der Waals surface area contributed by atoms with Crippen molar-refractivity contribution in [3.05, 3.63) is 24.5 Å². The Kier molecular flexibility index (Phi) is 4.21. The molecule has 0 bridgehead atoms. The number of hydrogen-bond donors (Lipinski definition) is 0. The van der Waals surface area contributed by atoms with Gasteiger partial charge in [-0.05, 0) is 12.1 Å². The smallest absolute Gasteiger partial charge is 0.191 e. The fourth-order valence-corrected chi connectivity index (χ4v) is 0.829. The summed E-state index contributed by atoms with van der Waals surface area (Å²) in [6.07, 6.45) is 3.00. The van der Waals surface area contributed by atoms with E-state index >= 15 is 0 Å². The van der Waals surface area contributed by atoms with Crippen molar-refractivity contribution >= 4 is 0 Å². The first kappa shape index (κ1) is 9.95. The van der Waals surface area contributed by atoms with Gasteiger partial charge >= 0.3 is 0 Å². The Morgan fingerprint density at radius 3 is 2.69 bits per heavy atom. The van der Waals surface area contributed by atoms with Crippen LogP contribution in [0.15, 0.2) is 24.5 Å². The van der Waals surface area contributed by atoms with Crippen LogP contribution in [-0.2, 0) is 9.47 Å². The van der Waals surface area contributed by atoms with E-state index in [0.717, 1.165) is 0 Å². The molecule has 1 rings (SSSR count). The monoisotopic (exact) mass is 183 g/mol. The van der Waals surface area contributed by atoms with Gasteiger partial charge in [0.1, 0.15) is 12.4 Å². The van der Waals surface area contributed by atoms with E-state index in [1.165, 1.54) is 0 Å². The van der Waals surface area contributed by atoms with Crippen LogP contribution in [0.25, 0.3) is 0 Å². The van der Waals surface area contributed by atoms with Gasteiger partial charge in [-0.3, -0.25) is 4.98 Å². The molecule has 0 saturated heterocycles. The highest BCUT2D eigenvalue weighted by Crippen LogP contribution is 2.06. The van der Waals surface area contributed by atoms with E-state index in [1.54, 1.807) is 26.6 Å².